The van der Waals surface area contributed by atoms with Crippen molar-refractivity contribution in [2.24, 2.45) is 0 Å². The van der Waals surface area contributed by atoms with Gasteiger partial charge in [-0.3, -0.25) is 9.63 Å². The Hall–Kier alpha value is -1.73. The molecule has 1 saturated heterocycles. The van der Waals surface area contributed by atoms with Crippen LogP contribution < -0.4 is 10.4 Å². The van der Waals surface area contributed by atoms with Gasteiger partial charge in [0.05, 0.1) is 6.61 Å². The molecular formula is C13H20N4O3. The third kappa shape index (κ3) is 3.43. The molecule has 1 fully saturated rings. The average molecular weight is 280 g/mol. The van der Waals surface area contributed by atoms with Gasteiger partial charge in [-0.05, 0) is 32.8 Å². The third-order valence-electron chi connectivity index (χ3n) is 3.17. The van der Waals surface area contributed by atoms with Crippen molar-refractivity contribution in [3.8, 4) is 0 Å². The summed E-state index contributed by atoms with van der Waals surface area (Å²) < 4.78 is 0. The fourth-order valence-corrected chi connectivity index (χ4v) is 2.01. The van der Waals surface area contributed by atoms with Gasteiger partial charge in [0.2, 0.25) is 5.95 Å². The van der Waals surface area contributed by atoms with Gasteiger partial charge < -0.3 is 10.0 Å². The van der Waals surface area contributed by atoms with Crippen molar-refractivity contribution < 1.29 is 14.7 Å². The summed E-state index contributed by atoms with van der Waals surface area (Å²) in [7, 11) is 0. The highest BCUT2D eigenvalue weighted by Crippen LogP contribution is 2.22. The monoisotopic (exact) mass is 280 g/mol. The van der Waals surface area contributed by atoms with Gasteiger partial charge in [-0.25, -0.2) is 15.4 Å². The van der Waals surface area contributed by atoms with Crippen LogP contribution in [-0.4, -0.2) is 45.8 Å². The van der Waals surface area contributed by atoms with Crippen molar-refractivity contribution in [3.05, 3.63) is 18.5 Å². The summed E-state index contributed by atoms with van der Waals surface area (Å²) in [6.45, 7) is 3.95. The fourth-order valence-electron chi connectivity index (χ4n) is 2.01. The lowest BCUT2D eigenvalue weighted by Gasteiger charge is -2.26. The largest absolute Gasteiger partial charge is 0.393 e. The molecule has 2 rings (SSSR count). The summed E-state index contributed by atoms with van der Waals surface area (Å²) in [6, 6.07) is 1.40. The molecule has 7 heteroatoms. The van der Waals surface area contributed by atoms with Crippen LogP contribution in [0.15, 0.2) is 18.5 Å². The van der Waals surface area contributed by atoms with Crippen LogP contribution in [0.3, 0.4) is 0 Å². The Morgan fingerprint density at radius 1 is 1.55 bits per heavy atom. The third-order valence-corrected chi connectivity index (χ3v) is 3.17. The van der Waals surface area contributed by atoms with Gasteiger partial charge >= 0.3 is 0 Å². The van der Waals surface area contributed by atoms with Gasteiger partial charge in [0.15, 0.2) is 0 Å². The van der Waals surface area contributed by atoms with E-state index < -0.39 is 5.60 Å². The zero-order valence-corrected chi connectivity index (χ0v) is 11.7. The van der Waals surface area contributed by atoms with E-state index in [1.807, 2.05) is 4.90 Å². The van der Waals surface area contributed by atoms with Gasteiger partial charge in [0.1, 0.15) is 11.6 Å². The van der Waals surface area contributed by atoms with E-state index in [9.17, 15) is 4.79 Å². The molecule has 0 bridgehead atoms. The summed E-state index contributed by atoms with van der Waals surface area (Å²) in [5, 5.41) is 9.10. The number of hydroxylamine groups is 1. The SMILES string of the molecule is CC(C)(CO)ONC(=O)C1CCCN1c1ncccn1. The Morgan fingerprint density at radius 3 is 2.90 bits per heavy atom. The average Bonchev–Trinajstić information content (AvgIpc) is 2.95. The van der Waals surface area contributed by atoms with E-state index in [1.54, 1.807) is 32.3 Å². The van der Waals surface area contributed by atoms with Gasteiger partial charge in [0, 0.05) is 18.9 Å². The Morgan fingerprint density at radius 2 is 2.25 bits per heavy atom. The Labute approximate surface area is 117 Å². The first-order valence-electron chi connectivity index (χ1n) is 6.66. The zero-order chi connectivity index (χ0) is 14.6. The standard InChI is InChI=1S/C13H20N4O3/c1-13(2,9-18)20-16-11(19)10-5-3-8-17(10)12-14-6-4-7-15-12/h4,6-7,10,18H,3,5,8-9H2,1-2H3,(H,16,19). The molecule has 1 unspecified atom stereocenters. The summed E-state index contributed by atoms with van der Waals surface area (Å²) in [4.78, 5) is 27.6. The number of aliphatic hydroxyl groups is 1. The molecule has 1 aliphatic heterocycles. The minimum atomic E-state index is -0.803. The molecule has 0 spiro atoms. The predicted molar refractivity (Wildman–Crippen MR) is 72.8 cm³/mol. The summed E-state index contributed by atoms with van der Waals surface area (Å²) in [6.07, 6.45) is 4.94. The van der Waals surface area contributed by atoms with E-state index in [4.69, 9.17) is 9.94 Å². The lowest BCUT2D eigenvalue weighted by Crippen LogP contribution is -2.47. The second kappa shape index (κ2) is 6.15. The Balaban J connectivity index is 1.99. The summed E-state index contributed by atoms with van der Waals surface area (Å²) in [5.74, 6) is 0.308. The number of hydrogen-bond donors (Lipinski definition) is 2. The highest BCUT2D eigenvalue weighted by Gasteiger charge is 2.33. The molecule has 1 aromatic rings. The van der Waals surface area contributed by atoms with Gasteiger partial charge in [-0.15, -0.1) is 0 Å². The van der Waals surface area contributed by atoms with Crippen molar-refractivity contribution in [1.82, 2.24) is 15.4 Å². The number of carbonyl (C=O) groups is 1. The lowest BCUT2D eigenvalue weighted by atomic mass is 10.2. The molecule has 0 aliphatic carbocycles. The molecule has 1 amide bonds. The van der Waals surface area contributed by atoms with Crippen LogP contribution in [-0.2, 0) is 9.63 Å². The number of nitrogens with zero attached hydrogens (tertiary/aromatic N) is 3. The van der Waals surface area contributed by atoms with Gasteiger partial charge in [-0.1, -0.05) is 0 Å². The molecule has 1 atom stereocenters. The topological polar surface area (TPSA) is 87.6 Å². The van der Waals surface area contributed by atoms with Crippen LogP contribution in [0.2, 0.25) is 0 Å². The molecule has 7 nitrogen and oxygen atoms in total. The quantitative estimate of drug-likeness (QED) is 0.753. The van der Waals surface area contributed by atoms with Crippen LogP contribution in [0, 0.1) is 0 Å². The van der Waals surface area contributed by atoms with Crippen LogP contribution in [0.1, 0.15) is 26.7 Å². The van der Waals surface area contributed by atoms with Crippen molar-refractivity contribution in [1.29, 1.82) is 0 Å². The molecule has 2 heterocycles. The second-order valence-corrected chi connectivity index (χ2v) is 5.39. The first-order valence-corrected chi connectivity index (χ1v) is 6.66. The van der Waals surface area contributed by atoms with Crippen molar-refractivity contribution >= 4 is 11.9 Å². The number of rotatable bonds is 5. The maximum Gasteiger partial charge on any atom is 0.266 e. The molecule has 0 radical (unpaired) electrons. The smallest absolute Gasteiger partial charge is 0.266 e. The fraction of sp³-hybridized carbons (Fsp3) is 0.615. The normalized spacial score (nSPS) is 19.1. The van der Waals surface area contributed by atoms with Crippen LogP contribution in [0.25, 0.3) is 0 Å². The molecule has 0 saturated carbocycles. The molecule has 0 aromatic carbocycles. The van der Waals surface area contributed by atoms with E-state index in [0.717, 1.165) is 19.4 Å². The minimum Gasteiger partial charge on any atom is -0.393 e. The van der Waals surface area contributed by atoms with Crippen LogP contribution in [0.4, 0.5) is 5.95 Å². The van der Waals surface area contributed by atoms with Crippen molar-refractivity contribution in [2.75, 3.05) is 18.1 Å². The van der Waals surface area contributed by atoms with E-state index in [2.05, 4.69) is 15.4 Å². The first kappa shape index (κ1) is 14.7. The van der Waals surface area contributed by atoms with Crippen LogP contribution in [0.5, 0.6) is 0 Å². The van der Waals surface area contributed by atoms with Gasteiger partial charge in [0.25, 0.3) is 5.91 Å². The molecule has 1 aliphatic rings. The highest BCUT2D eigenvalue weighted by atomic mass is 16.7. The molecule has 1 aromatic heterocycles. The molecule has 20 heavy (non-hydrogen) atoms. The van der Waals surface area contributed by atoms with E-state index in [-0.39, 0.29) is 18.6 Å². The maximum atomic E-state index is 12.2. The number of amides is 1. The maximum absolute atomic E-state index is 12.2. The van der Waals surface area contributed by atoms with Gasteiger partial charge in [-0.2, -0.15) is 0 Å². The number of anilines is 1. The lowest BCUT2D eigenvalue weighted by molar-refractivity contribution is -0.154. The molecule has 2 N–H and O–H groups in total. The minimum absolute atomic E-state index is 0.177. The number of hydrogen-bond acceptors (Lipinski definition) is 6. The highest BCUT2D eigenvalue weighted by molar-refractivity contribution is 5.84. The van der Waals surface area contributed by atoms with Crippen molar-refractivity contribution in [2.45, 2.75) is 38.3 Å². The zero-order valence-electron chi connectivity index (χ0n) is 11.7. The Kier molecular flexibility index (Phi) is 4.51. The molecular weight excluding hydrogens is 260 g/mol. The number of aliphatic hydroxyl groups excluding tert-OH is 1. The summed E-state index contributed by atoms with van der Waals surface area (Å²) >= 11 is 0. The van der Waals surface area contributed by atoms with E-state index in [0.29, 0.717) is 5.95 Å². The number of aromatic nitrogens is 2. The molecule has 110 valence electrons. The summed E-state index contributed by atoms with van der Waals surface area (Å²) in [5.41, 5.74) is 1.62. The van der Waals surface area contributed by atoms with E-state index >= 15 is 0 Å². The number of nitrogens with one attached hydrogen (secondary N) is 1. The predicted octanol–water partition coefficient (Wildman–Crippen LogP) is 0.264. The van der Waals surface area contributed by atoms with Crippen LogP contribution >= 0.6 is 0 Å². The number of carbonyl (C=O) groups excluding carboxylic acids is 1. The van der Waals surface area contributed by atoms with E-state index in [1.165, 1.54) is 0 Å². The van der Waals surface area contributed by atoms with Crippen molar-refractivity contribution in [3.63, 3.8) is 0 Å². The first-order chi connectivity index (χ1) is 9.53. The second-order valence-electron chi connectivity index (χ2n) is 5.39. The Bertz CT molecular complexity index is 452.